The van der Waals surface area contributed by atoms with E-state index in [1.807, 2.05) is 18.2 Å². The monoisotopic (exact) mass is 364 g/mol. The highest BCUT2D eigenvalue weighted by molar-refractivity contribution is 5.87. The van der Waals surface area contributed by atoms with Gasteiger partial charge in [-0.2, -0.15) is 5.10 Å². The quantitative estimate of drug-likeness (QED) is 0.547. The van der Waals surface area contributed by atoms with Crippen molar-refractivity contribution < 1.29 is 13.9 Å². The van der Waals surface area contributed by atoms with E-state index < -0.39 is 0 Å². The number of benzene rings is 2. The second-order valence-electron chi connectivity index (χ2n) is 6.05. The number of aromatic nitrogens is 4. The van der Waals surface area contributed by atoms with Crippen LogP contribution in [0.25, 0.3) is 33.4 Å². The Balaban J connectivity index is 1.74. The van der Waals surface area contributed by atoms with E-state index in [1.165, 1.54) is 12.1 Å². The van der Waals surface area contributed by atoms with Gasteiger partial charge >= 0.3 is 5.97 Å². The Bertz CT molecular complexity index is 1100. The summed E-state index contributed by atoms with van der Waals surface area (Å²) in [5.41, 5.74) is 5.05. The molecule has 0 bridgehead atoms. The van der Waals surface area contributed by atoms with Crippen molar-refractivity contribution in [3.8, 4) is 22.4 Å². The Hall–Kier alpha value is -3.48. The summed E-state index contributed by atoms with van der Waals surface area (Å²) >= 11 is 0. The van der Waals surface area contributed by atoms with E-state index >= 15 is 0 Å². The molecule has 0 aliphatic rings. The number of ether oxygens (including phenoxy) is 1. The lowest BCUT2D eigenvalue weighted by Gasteiger charge is -2.07. The molecule has 0 unspecified atom stereocenters. The number of esters is 1. The fourth-order valence-electron chi connectivity index (χ4n) is 3.04. The third-order valence-corrected chi connectivity index (χ3v) is 4.31. The number of rotatable bonds is 5. The van der Waals surface area contributed by atoms with Crippen molar-refractivity contribution in [2.24, 2.45) is 0 Å². The van der Waals surface area contributed by atoms with E-state index in [4.69, 9.17) is 4.74 Å². The van der Waals surface area contributed by atoms with Gasteiger partial charge in [0.2, 0.25) is 0 Å². The van der Waals surface area contributed by atoms with Crippen LogP contribution >= 0.6 is 0 Å². The van der Waals surface area contributed by atoms with Crippen LogP contribution in [0, 0.1) is 5.82 Å². The second kappa shape index (κ2) is 7.03. The molecule has 136 valence electrons. The number of carbonyl (C=O) groups excluding carboxylic acids is 1. The number of hydrogen-bond acceptors (Lipinski definition) is 4. The molecule has 0 amide bonds. The lowest BCUT2D eigenvalue weighted by atomic mass is 10.0. The first kappa shape index (κ1) is 17.0. The molecule has 27 heavy (non-hydrogen) atoms. The zero-order valence-electron chi connectivity index (χ0n) is 14.6. The van der Waals surface area contributed by atoms with Gasteiger partial charge in [-0.15, -0.1) is 0 Å². The number of nitrogens with one attached hydrogen (secondary N) is 1. The van der Waals surface area contributed by atoms with Crippen LogP contribution in [0.5, 0.6) is 0 Å². The van der Waals surface area contributed by atoms with Crippen LogP contribution in [0.2, 0.25) is 0 Å². The van der Waals surface area contributed by atoms with Gasteiger partial charge in [0.25, 0.3) is 0 Å². The molecule has 0 aliphatic heterocycles. The highest BCUT2D eigenvalue weighted by Gasteiger charge is 2.13. The zero-order valence-corrected chi connectivity index (χ0v) is 14.6. The molecule has 2 heterocycles. The van der Waals surface area contributed by atoms with Crippen LogP contribution < -0.4 is 0 Å². The van der Waals surface area contributed by atoms with Crippen molar-refractivity contribution in [2.75, 3.05) is 6.61 Å². The normalized spacial score (nSPS) is 11.0. The topological polar surface area (TPSA) is 72.8 Å². The summed E-state index contributed by atoms with van der Waals surface area (Å²) < 4.78 is 20.0. The highest BCUT2D eigenvalue weighted by Crippen LogP contribution is 2.31. The second-order valence-corrected chi connectivity index (χ2v) is 6.05. The van der Waals surface area contributed by atoms with Crippen LogP contribution in [0.1, 0.15) is 6.92 Å². The standard InChI is InChI=1S/C20H17FN4O2/c1-2-27-19(26)11-25-12-22-17-8-5-14(9-18(17)25)16-10-23-24-20(16)13-3-6-15(21)7-4-13/h3-10,12H,2,11H2,1H3,(H,23,24). The first-order valence-corrected chi connectivity index (χ1v) is 8.56. The lowest BCUT2D eigenvalue weighted by Crippen LogP contribution is -2.12. The molecule has 4 rings (SSSR count). The van der Waals surface area contributed by atoms with Gasteiger partial charge in [-0.05, 0) is 48.9 Å². The Morgan fingerprint density at radius 3 is 2.74 bits per heavy atom. The predicted octanol–water partition coefficient (Wildman–Crippen LogP) is 3.80. The van der Waals surface area contributed by atoms with Gasteiger partial charge < -0.3 is 9.30 Å². The smallest absolute Gasteiger partial charge is 0.325 e. The number of H-pyrrole nitrogens is 1. The summed E-state index contributed by atoms with van der Waals surface area (Å²) in [6, 6.07) is 12.0. The third-order valence-electron chi connectivity index (χ3n) is 4.31. The van der Waals surface area contributed by atoms with Crippen LogP contribution in [-0.2, 0) is 16.1 Å². The van der Waals surface area contributed by atoms with Gasteiger partial charge in [-0.1, -0.05) is 6.07 Å². The van der Waals surface area contributed by atoms with Crippen LogP contribution in [0.3, 0.4) is 0 Å². The van der Waals surface area contributed by atoms with Crippen molar-refractivity contribution in [1.29, 1.82) is 0 Å². The van der Waals surface area contributed by atoms with Crippen LogP contribution in [0.4, 0.5) is 4.39 Å². The van der Waals surface area contributed by atoms with Crippen molar-refractivity contribution in [1.82, 2.24) is 19.7 Å². The molecule has 2 aromatic carbocycles. The maximum atomic E-state index is 13.2. The molecule has 6 nitrogen and oxygen atoms in total. The molecule has 0 saturated carbocycles. The first-order chi connectivity index (χ1) is 13.2. The number of nitrogens with zero attached hydrogens (tertiary/aromatic N) is 3. The third kappa shape index (κ3) is 3.31. The van der Waals surface area contributed by atoms with Gasteiger partial charge in [-0.25, -0.2) is 9.37 Å². The SMILES string of the molecule is CCOC(=O)Cn1cnc2ccc(-c3cn[nH]c3-c3ccc(F)cc3)cc21. The minimum atomic E-state index is -0.308. The maximum absolute atomic E-state index is 13.2. The fourth-order valence-corrected chi connectivity index (χ4v) is 3.04. The highest BCUT2D eigenvalue weighted by atomic mass is 19.1. The largest absolute Gasteiger partial charge is 0.465 e. The molecule has 7 heteroatoms. The Kier molecular flexibility index (Phi) is 4.42. The average Bonchev–Trinajstić information content (AvgIpc) is 3.30. The van der Waals surface area contributed by atoms with Crippen molar-refractivity contribution in [3.05, 3.63) is 60.8 Å². The van der Waals surface area contributed by atoms with E-state index in [9.17, 15) is 9.18 Å². The summed E-state index contributed by atoms with van der Waals surface area (Å²) in [5.74, 6) is -0.596. The summed E-state index contributed by atoms with van der Waals surface area (Å²) in [7, 11) is 0. The first-order valence-electron chi connectivity index (χ1n) is 8.56. The molecule has 0 saturated heterocycles. The molecular weight excluding hydrogens is 347 g/mol. The van der Waals surface area contributed by atoms with E-state index in [-0.39, 0.29) is 18.3 Å². The molecule has 1 N–H and O–H groups in total. The molecule has 0 spiro atoms. The molecular formula is C20H17FN4O2. The fraction of sp³-hybridized carbons (Fsp3) is 0.150. The van der Waals surface area contributed by atoms with Gasteiger partial charge in [0, 0.05) is 11.1 Å². The summed E-state index contributed by atoms with van der Waals surface area (Å²) in [6.45, 7) is 2.22. The van der Waals surface area contributed by atoms with Gasteiger partial charge in [0.1, 0.15) is 12.4 Å². The summed E-state index contributed by atoms with van der Waals surface area (Å²) in [6.07, 6.45) is 3.35. The minimum absolute atomic E-state index is 0.101. The Morgan fingerprint density at radius 2 is 1.96 bits per heavy atom. The predicted molar refractivity (Wildman–Crippen MR) is 99.3 cm³/mol. The van der Waals surface area contributed by atoms with E-state index in [1.54, 1.807) is 36.1 Å². The summed E-state index contributed by atoms with van der Waals surface area (Å²) in [4.78, 5) is 16.2. The Morgan fingerprint density at radius 1 is 1.19 bits per heavy atom. The molecule has 0 radical (unpaired) electrons. The number of hydrogen-bond donors (Lipinski definition) is 1. The molecule has 2 aromatic heterocycles. The number of fused-ring (bicyclic) bond motifs is 1. The van der Waals surface area contributed by atoms with Crippen LogP contribution in [0.15, 0.2) is 55.0 Å². The van der Waals surface area contributed by atoms with E-state index in [2.05, 4.69) is 15.2 Å². The van der Waals surface area contributed by atoms with E-state index in [0.717, 1.165) is 33.4 Å². The molecule has 0 atom stereocenters. The minimum Gasteiger partial charge on any atom is -0.465 e. The number of aromatic amines is 1. The number of halogens is 1. The Labute approximate surface area is 154 Å². The number of imidazole rings is 1. The average molecular weight is 364 g/mol. The van der Waals surface area contributed by atoms with Crippen molar-refractivity contribution in [2.45, 2.75) is 13.5 Å². The number of carbonyl (C=O) groups is 1. The molecule has 0 aliphatic carbocycles. The lowest BCUT2D eigenvalue weighted by molar-refractivity contribution is -0.143. The van der Waals surface area contributed by atoms with Crippen LogP contribution in [-0.4, -0.2) is 32.3 Å². The summed E-state index contributed by atoms with van der Waals surface area (Å²) in [5, 5.41) is 7.12. The van der Waals surface area contributed by atoms with Gasteiger partial charge in [0.15, 0.2) is 0 Å². The molecule has 4 aromatic rings. The zero-order chi connectivity index (χ0) is 18.8. The van der Waals surface area contributed by atoms with E-state index in [0.29, 0.717) is 6.61 Å². The van der Waals surface area contributed by atoms with Crippen molar-refractivity contribution >= 4 is 17.0 Å². The van der Waals surface area contributed by atoms with Gasteiger partial charge in [-0.3, -0.25) is 9.89 Å². The maximum Gasteiger partial charge on any atom is 0.325 e. The van der Waals surface area contributed by atoms with Gasteiger partial charge in [0.05, 0.1) is 35.9 Å². The van der Waals surface area contributed by atoms with Crippen molar-refractivity contribution in [3.63, 3.8) is 0 Å². The molecule has 0 fully saturated rings.